The average molecular weight is 284 g/mol. The molecule has 0 amide bonds. The van der Waals surface area contributed by atoms with Crippen molar-refractivity contribution < 1.29 is 0 Å². The van der Waals surface area contributed by atoms with Gasteiger partial charge in [0.25, 0.3) is 0 Å². The lowest BCUT2D eigenvalue weighted by atomic mass is 10.1. The number of nitrogens with zero attached hydrogens (tertiary/aromatic N) is 2. The van der Waals surface area contributed by atoms with Crippen molar-refractivity contribution in [1.29, 1.82) is 0 Å². The van der Waals surface area contributed by atoms with Crippen molar-refractivity contribution in [2.75, 3.05) is 6.54 Å². The maximum Gasteiger partial charge on any atom is 0.127 e. The summed E-state index contributed by atoms with van der Waals surface area (Å²) in [7, 11) is 0. The number of nitrogens with one attached hydrogen (secondary N) is 1. The zero-order valence-corrected chi connectivity index (χ0v) is 11.1. The summed E-state index contributed by atoms with van der Waals surface area (Å²) >= 11 is 3.60. The summed E-state index contributed by atoms with van der Waals surface area (Å²) in [6, 6.07) is 0.653. The molecule has 0 aliphatic carbocycles. The Hall–Kier alpha value is -0.350. The Morgan fingerprint density at radius 3 is 3.12 bits per heavy atom. The van der Waals surface area contributed by atoms with Crippen LogP contribution in [0.1, 0.15) is 37.2 Å². The Bertz CT molecular complexity index is 380. The topological polar surface area (TPSA) is 29.9 Å². The van der Waals surface area contributed by atoms with Gasteiger partial charge in [-0.05, 0) is 54.6 Å². The Balaban J connectivity index is 1.83. The van der Waals surface area contributed by atoms with Crippen LogP contribution in [0.3, 0.4) is 0 Å². The molecule has 2 aliphatic rings. The van der Waals surface area contributed by atoms with Crippen molar-refractivity contribution in [3.8, 4) is 0 Å². The van der Waals surface area contributed by atoms with E-state index >= 15 is 0 Å². The van der Waals surface area contributed by atoms with Gasteiger partial charge in [0.2, 0.25) is 0 Å². The molecule has 1 saturated heterocycles. The molecule has 88 valence electrons. The highest BCUT2D eigenvalue weighted by atomic mass is 79.9. The molecule has 1 N–H and O–H groups in total. The van der Waals surface area contributed by atoms with Crippen LogP contribution in [0.25, 0.3) is 0 Å². The van der Waals surface area contributed by atoms with Gasteiger partial charge in [0.1, 0.15) is 10.4 Å². The number of hydrogen-bond acceptors (Lipinski definition) is 2. The van der Waals surface area contributed by atoms with Crippen molar-refractivity contribution in [1.82, 2.24) is 14.9 Å². The summed E-state index contributed by atoms with van der Waals surface area (Å²) in [5.41, 5.74) is 1.42. The lowest BCUT2D eigenvalue weighted by Crippen LogP contribution is -2.26. The summed E-state index contributed by atoms with van der Waals surface area (Å²) in [4.78, 5) is 4.70. The molecule has 16 heavy (non-hydrogen) atoms. The third kappa shape index (κ3) is 1.93. The van der Waals surface area contributed by atoms with Crippen LogP contribution < -0.4 is 5.32 Å². The third-order valence-electron chi connectivity index (χ3n) is 3.74. The number of imidazole rings is 1. The molecule has 3 nitrogen and oxygen atoms in total. The summed E-state index contributed by atoms with van der Waals surface area (Å²) in [6.45, 7) is 2.34. The van der Waals surface area contributed by atoms with Crippen LogP contribution in [0.15, 0.2) is 4.60 Å². The van der Waals surface area contributed by atoms with Gasteiger partial charge in [-0.25, -0.2) is 4.98 Å². The molecule has 1 aromatic rings. The molecular weight excluding hydrogens is 266 g/mol. The van der Waals surface area contributed by atoms with Crippen LogP contribution in [0.4, 0.5) is 0 Å². The van der Waals surface area contributed by atoms with Crippen LogP contribution in [-0.4, -0.2) is 22.1 Å². The quantitative estimate of drug-likeness (QED) is 0.903. The SMILES string of the molecule is Brc1nc(CC2CCCN2)n2c1CCCC2. The van der Waals surface area contributed by atoms with Gasteiger partial charge >= 0.3 is 0 Å². The largest absolute Gasteiger partial charge is 0.331 e. The molecule has 3 rings (SSSR count). The van der Waals surface area contributed by atoms with Crippen molar-refractivity contribution >= 4 is 15.9 Å². The summed E-state index contributed by atoms with van der Waals surface area (Å²) in [5.74, 6) is 1.28. The van der Waals surface area contributed by atoms with Crippen molar-refractivity contribution in [2.24, 2.45) is 0 Å². The zero-order chi connectivity index (χ0) is 11.0. The van der Waals surface area contributed by atoms with Gasteiger partial charge < -0.3 is 9.88 Å². The molecule has 0 radical (unpaired) electrons. The zero-order valence-electron chi connectivity index (χ0n) is 9.51. The van der Waals surface area contributed by atoms with E-state index in [0.717, 1.165) is 17.6 Å². The van der Waals surface area contributed by atoms with E-state index in [0.29, 0.717) is 6.04 Å². The lowest BCUT2D eigenvalue weighted by Gasteiger charge is -2.18. The summed E-state index contributed by atoms with van der Waals surface area (Å²) in [6.07, 6.45) is 7.52. The van der Waals surface area contributed by atoms with Crippen LogP contribution >= 0.6 is 15.9 Å². The molecule has 1 atom stereocenters. The number of rotatable bonds is 2. The molecule has 0 aromatic carbocycles. The van der Waals surface area contributed by atoms with Gasteiger partial charge in [-0.1, -0.05) is 0 Å². The van der Waals surface area contributed by atoms with Gasteiger partial charge in [0.15, 0.2) is 0 Å². The third-order valence-corrected chi connectivity index (χ3v) is 4.37. The molecule has 1 aromatic heterocycles. The maximum atomic E-state index is 4.70. The van der Waals surface area contributed by atoms with E-state index in [-0.39, 0.29) is 0 Å². The normalized spacial score (nSPS) is 24.7. The highest BCUT2D eigenvalue weighted by Crippen LogP contribution is 2.26. The van der Waals surface area contributed by atoms with Crippen molar-refractivity contribution in [3.63, 3.8) is 0 Å². The average Bonchev–Trinajstić information content (AvgIpc) is 2.90. The number of aromatic nitrogens is 2. The fourth-order valence-electron chi connectivity index (χ4n) is 2.88. The minimum absolute atomic E-state index is 0.653. The minimum atomic E-state index is 0.653. The second kappa shape index (κ2) is 4.49. The second-order valence-corrected chi connectivity index (χ2v) is 5.62. The van der Waals surface area contributed by atoms with E-state index in [1.807, 2.05) is 0 Å². The Morgan fingerprint density at radius 2 is 2.31 bits per heavy atom. The standard InChI is InChI=1S/C12H18BrN3/c13-12-10-5-1-2-7-16(10)11(15-12)8-9-4-3-6-14-9/h9,14H,1-8H2. The minimum Gasteiger partial charge on any atom is -0.331 e. The van der Waals surface area contributed by atoms with Gasteiger partial charge in [-0.15, -0.1) is 0 Å². The molecule has 1 fully saturated rings. The first-order valence-corrected chi connectivity index (χ1v) is 7.11. The van der Waals surface area contributed by atoms with Gasteiger partial charge in [0, 0.05) is 19.0 Å². The monoisotopic (exact) mass is 283 g/mol. The van der Waals surface area contributed by atoms with E-state index in [4.69, 9.17) is 4.98 Å². The predicted molar refractivity (Wildman–Crippen MR) is 67.6 cm³/mol. The Labute approximate surface area is 105 Å². The number of hydrogen-bond donors (Lipinski definition) is 1. The van der Waals surface area contributed by atoms with Crippen LogP contribution in [0, 0.1) is 0 Å². The van der Waals surface area contributed by atoms with Gasteiger partial charge in [-0.2, -0.15) is 0 Å². The first-order chi connectivity index (χ1) is 7.84. The lowest BCUT2D eigenvalue weighted by molar-refractivity contribution is 0.493. The first-order valence-electron chi connectivity index (χ1n) is 6.32. The second-order valence-electron chi connectivity index (χ2n) is 4.87. The van der Waals surface area contributed by atoms with E-state index in [2.05, 4.69) is 25.8 Å². The van der Waals surface area contributed by atoms with Gasteiger partial charge in [0.05, 0.1) is 5.69 Å². The number of fused-ring (bicyclic) bond motifs is 1. The summed E-state index contributed by atoms with van der Waals surface area (Å²) in [5, 5.41) is 3.55. The molecule has 3 heterocycles. The van der Waals surface area contributed by atoms with Crippen LogP contribution in [0.5, 0.6) is 0 Å². The number of halogens is 1. The maximum absolute atomic E-state index is 4.70. The molecule has 0 bridgehead atoms. The molecule has 4 heteroatoms. The molecule has 0 saturated carbocycles. The van der Waals surface area contributed by atoms with Crippen LogP contribution in [0.2, 0.25) is 0 Å². The Morgan fingerprint density at radius 1 is 1.38 bits per heavy atom. The molecule has 0 spiro atoms. The first kappa shape index (κ1) is 10.8. The summed E-state index contributed by atoms with van der Waals surface area (Å²) < 4.78 is 3.52. The van der Waals surface area contributed by atoms with E-state index in [1.54, 1.807) is 0 Å². The fraction of sp³-hybridized carbons (Fsp3) is 0.750. The molecule has 2 aliphatic heterocycles. The smallest absolute Gasteiger partial charge is 0.127 e. The highest BCUT2D eigenvalue weighted by Gasteiger charge is 2.22. The van der Waals surface area contributed by atoms with Gasteiger partial charge in [-0.3, -0.25) is 0 Å². The van der Waals surface area contributed by atoms with Crippen LogP contribution in [-0.2, 0) is 19.4 Å². The molecular formula is C12H18BrN3. The predicted octanol–water partition coefficient (Wildman–Crippen LogP) is 2.28. The van der Waals surface area contributed by atoms with E-state index in [9.17, 15) is 0 Å². The highest BCUT2D eigenvalue weighted by molar-refractivity contribution is 9.10. The van der Waals surface area contributed by atoms with Crippen molar-refractivity contribution in [2.45, 2.75) is 51.1 Å². The Kier molecular flexibility index (Phi) is 3.03. The molecule has 1 unspecified atom stereocenters. The van der Waals surface area contributed by atoms with E-state index in [1.165, 1.54) is 50.2 Å². The fourth-order valence-corrected chi connectivity index (χ4v) is 3.49. The van der Waals surface area contributed by atoms with E-state index < -0.39 is 0 Å². The van der Waals surface area contributed by atoms with Crippen molar-refractivity contribution in [3.05, 3.63) is 16.1 Å².